The van der Waals surface area contributed by atoms with E-state index in [0.29, 0.717) is 0 Å². The summed E-state index contributed by atoms with van der Waals surface area (Å²) in [6.07, 6.45) is 0. The van der Waals surface area contributed by atoms with Gasteiger partial charge in [-0.2, -0.15) is 0 Å². The quantitative estimate of drug-likeness (QED) is 0.713. The molecule has 0 saturated heterocycles. The van der Waals surface area contributed by atoms with Gasteiger partial charge in [0.1, 0.15) is 0 Å². The van der Waals surface area contributed by atoms with Gasteiger partial charge in [-0.3, -0.25) is 4.79 Å². The van der Waals surface area contributed by atoms with Crippen LogP contribution < -0.4 is 15.9 Å². The zero-order chi connectivity index (χ0) is 15.2. The molecule has 22 heavy (non-hydrogen) atoms. The molecule has 0 aliphatic heterocycles. The SMILES string of the molecule is O=C(Nc1ccccc1)P(c1ccccc1)c1ccccc1. The molecule has 0 aliphatic carbocycles. The Morgan fingerprint density at radius 2 is 1.05 bits per heavy atom. The van der Waals surface area contributed by atoms with E-state index in [1.54, 1.807) is 0 Å². The van der Waals surface area contributed by atoms with Crippen molar-refractivity contribution in [2.75, 3.05) is 5.32 Å². The molecule has 0 atom stereocenters. The number of amides is 1. The number of benzene rings is 3. The molecule has 108 valence electrons. The normalized spacial score (nSPS) is 10.4. The summed E-state index contributed by atoms with van der Waals surface area (Å²) in [4.78, 5) is 12.8. The van der Waals surface area contributed by atoms with E-state index in [-0.39, 0.29) is 5.65 Å². The third-order valence-corrected chi connectivity index (χ3v) is 5.40. The van der Waals surface area contributed by atoms with Crippen molar-refractivity contribution in [1.82, 2.24) is 0 Å². The Balaban J connectivity index is 1.94. The maximum absolute atomic E-state index is 12.8. The predicted molar refractivity (Wildman–Crippen MR) is 94.5 cm³/mol. The van der Waals surface area contributed by atoms with Crippen LogP contribution in [0.15, 0.2) is 91.0 Å². The Hall–Kier alpha value is -2.44. The van der Waals surface area contributed by atoms with E-state index in [1.165, 1.54) is 0 Å². The first-order valence-electron chi connectivity index (χ1n) is 7.11. The number of para-hydroxylation sites is 1. The van der Waals surface area contributed by atoms with Crippen LogP contribution in [0.5, 0.6) is 0 Å². The molecule has 0 saturated carbocycles. The van der Waals surface area contributed by atoms with Crippen LogP contribution in [0.3, 0.4) is 0 Å². The number of hydrogen-bond acceptors (Lipinski definition) is 1. The van der Waals surface area contributed by atoms with Crippen LogP contribution in [0.2, 0.25) is 0 Å². The van der Waals surface area contributed by atoms with Gasteiger partial charge in [0, 0.05) is 5.69 Å². The highest BCUT2D eigenvalue weighted by molar-refractivity contribution is 7.88. The largest absolute Gasteiger partial charge is 0.322 e. The first-order chi connectivity index (χ1) is 10.8. The number of anilines is 1. The molecule has 3 aromatic carbocycles. The lowest BCUT2D eigenvalue weighted by atomic mass is 10.3. The van der Waals surface area contributed by atoms with Gasteiger partial charge in [-0.05, 0) is 22.7 Å². The Bertz CT molecular complexity index is 690. The Morgan fingerprint density at radius 1 is 0.636 bits per heavy atom. The topological polar surface area (TPSA) is 29.1 Å². The fourth-order valence-electron chi connectivity index (χ4n) is 2.24. The highest BCUT2D eigenvalue weighted by atomic mass is 31.1. The van der Waals surface area contributed by atoms with Crippen LogP contribution >= 0.6 is 7.92 Å². The molecule has 0 heterocycles. The van der Waals surface area contributed by atoms with Crippen molar-refractivity contribution in [3.63, 3.8) is 0 Å². The number of hydrogen-bond donors (Lipinski definition) is 1. The van der Waals surface area contributed by atoms with Crippen molar-refractivity contribution >= 4 is 29.9 Å². The van der Waals surface area contributed by atoms with Gasteiger partial charge in [-0.15, -0.1) is 0 Å². The average molecular weight is 305 g/mol. The molecular formula is C19H16NOP. The lowest BCUT2D eigenvalue weighted by Gasteiger charge is -2.18. The second kappa shape index (κ2) is 7.02. The van der Waals surface area contributed by atoms with E-state index in [1.807, 2.05) is 91.0 Å². The zero-order valence-electron chi connectivity index (χ0n) is 12.0. The van der Waals surface area contributed by atoms with Crippen molar-refractivity contribution in [2.24, 2.45) is 0 Å². The summed E-state index contributed by atoms with van der Waals surface area (Å²) >= 11 is 0. The molecule has 0 spiro atoms. The van der Waals surface area contributed by atoms with Gasteiger partial charge >= 0.3 is 0 Å². The molecule has 1 N–H and O–H groups in total. The van der Waals surface area contributed by atoms with Gasteiger partial charge in [0.2, 0.25) is 0 Å². The zero-order valence-corrected chi connectivity index (χ0v) is 12.9. The second-order valence-electron chi connectivity index (χ2n) is 4.80. The smallest absolute Gasteiger partial charge is 0.254 e. The lowest BCUT2D eigenvalue weighted by molar-refractivity contribution is 0.269. The highest BCUT2D eigenvalue weighted by Crippen LogP contribution is 2.35. The van der Waals surface area contributed by atoms with Crippen LogP contribution in [0.25, 0.3) is 0 Å². The summed E-state index contributed by atoms with van der Waals surface area (Å²) < 4.78 is 0. The minimum absolute atomic E-state index is 0.0404. The summed E-state index contributed by atoms with van der Waals surface area (Å²) in [6.45, 7) is 0. The highest BCUT2D eigenvalue weighted by Gasteiger charge is 2.22. The molecule has 0 aromatic heterocycles. The average Bonchev–Trinajstić information content (AvgIpc) is 2.58. The molecule has 0 radical (unpaired) electrons. The summed E-state index contributed by atoms with van der Waals surface area (Å²) in [5.41, 5.74) is 0.866. The van der Waals surface area contributed by atoms with Crippen molar-refractivity contribution in [2.45, 2.75) is 0 Å². The lowest BCUT2D eigenvalue weighted by Crippen LogP contribution is -2.21. The molecule has 0 aliphatic rings. The molecule has 3 aromatic rings. The maximum Gasteiger partial charge on any atom is 0.254 e. The molecule has 0 fully saturated rings. The van der Waals surface area contributed by atoms with E-state index in [4.69, 9.17) is 0 Å². The Labute approximate surface area is 131 Å². The molecule has 3 rings (SSSR count). The first-order valence-corrected chi connectivity index (χ1v) is 8.45. The van der Waals surface area contributed by atoms with Gasteiger partial charge < -0.3 is 5.32 Å². The van der Waals surface area contributed by atoms with Crippen LogP contribution in [0.1, 0.15) is 0 Å². The molecule has 0 bridgehead atoms. The molecule has 1 amide bonds. The van der Waals surface area contributed by atoms with E-state index in [0.717, 1.165) is 16.3 Å². The van der Waals surface area contributed by atoms with Crippen LogP contribution in [0.4, 0.5) is 10.5 Å². The number of nitrogens with one attached hydrogen (secondary N) is 1. The second-order valence-corrected chi connectivity index (χ2v) is 6.91. The van der Waals surface area contributed by atoms with Crippen LogP contribution in [-0.2, 0) is 0 Å². The fraction of sp³-hybridized carbons (Fsp3) is 0. The van der Waals surface area contributed by atoms with Gasteiger partial charge in [0.25, 0.3) is 5.65 Å². The van der Waals surface area contributed by atoms with Crippen molar-refractivity contribution in [1.29, 1.82) is 0 Å². The number of carbonyl (C=O) groups is 1. The minimum atomic E-state index is -1.09. The van der Waals surface area contributed by atoms with Crippen LogP contribution in [0, 0.1) is 0 Å². The van der Waals surface area contributed by atoms with E-state index in [9.17, 15) is 4.79 Å². The molecular weight excluding hydrogens is 289 g/mol. The molecule has 3 heteroatoms. The third-order valence-electron chi connectivity index (χ3n) is 3.26. The van der Waals surface area contributed by atoms with E-state index < -0.39 is 7.92 Å². The summed E-state index contributed by atoms with van der Waals surface area (Å²) in [5, 5.41) is 5.13. The van der Waals surface area contributed by atoms with Gasteiger partial charge in [0.05, 0.1) is 7.92 Å². The Kier molecular flexibility index (Phi) is 4.62. The van der Waals surface area contributed by atoms with Gasteiger partial charge in [0.15, 0.2) is 0 Å². The molecule has 0 unspecified atom stereocenters. The molecule has 2 nitrogen and oxygen atoms in total. The van der Waals surface area contributed by atoms with Crippen molar-refractivity contribution in [3.8, 4) is 0 Å². The van der Waals surface area contributed by atoms with E-state index >= 15 is 0 Å². The summed E-state index contributed by atoms with van der Waals surface area (Å²) in [7, 11) is -1.09. The third kappa shape index (κ3) is 3.41. The van der Waals surface area contributed by atoms with Crippen LogP contribution in [-0.4, -0.2) is 5.65 Å². The van der Waals surface area contributed by atoms with Gasteiger partial charge in [-0.25, -0.2) is 0 Å². The predicted octanol–water partition coefficient (Wildman–Crippen LogP) is 4.35. The monoisotopic (exact) mass is 305 g/mol. The first kappa shape index (κ1) is 14.5. The summed E-state index contributed by atoms with van der Waals surface area (Å²) in [6, 6.07) is 29.5. The number of rotatable bonds is 4. The van der Waals surface area contributed by atoms with E-state index in [2.05, 4.69) is 5.32 Å². The van der Waals surface area contributed by atoms with Gasteiger partial charge in [-0.1, -0.05) is 78.9 Å². The fourth-order valence-corrected chi connectivity index (χ4v) is 4.19. The Morgan fingerprint density at radius 3 is 1.50 bits per heavy atom. The minimum Gasteiger partial charge on any atom is -0.322 e. The number of carbonyl (C=O) groups excluding carboxylic acids is 1. The maximum atomic E-state index is 12.8. The standard InChI is InChI=1S/C19H16NOP/c21-19(20-16-10-4-1-5-11-16)22(17-12-6-2-7-13-17)18-14-8-3-9-15-18/h1-15H,(H,20,21). The van der Waals surface area contributed by atoms with Crippen molar-refractivity contribution in [3.05, 3.63) is 91.0 Å². The van der Waals surface area contributed by atoms with Crippen molar-refractivity contribution < 1.29 is 4.79 Å². The summed E-state index contributed by atoms with van der Waals surface area (Å²) in [5.74, 6) is 0.